The van der Waals surface area contributed by atoms with Gasteiger partial charge in [0, 0.05) is 45.5 Å². The fourth-order valence-electron chi connectivity index (χ4n) is 2.29. The topological polar surface area (TPSA) is 52.4 Å². The van der Waals surface area contributed by atoms with Crippen molar-refractivity contribution >= 4 is 5.69 Å². The molecule has 1 aromatic rings. The van der Waals surface area contributed by atoms with Crippen molar-refractivity contribution in [1.29, 1.82) is 5.26 Å². The van der Waals surface area contributed by atoms with E-state index in [4.69, 9.17) is 10.00 Å². The molecule has 1 saturated heterocycles. The number of hydrogen-bond acceptors (Lipinski definition) is 5. The Labute approximate surface area is 114 Å². The van der Waals surface area contributed by atoms with E-state index in [9.17, 15) is 0 Å². The number of rotatable bonds is 5. The summed E-state index contributed by atoms with van der Waals surface area (Å²) >= 11 is 0. The summed E-state index contributed by atoms with van der Waals surface area (Å²) in [5, 5.41) is 9.08. The Morgan fingerprint density at radius 3 is 2.84 bits per heavy atom. The molecule has 19 heavy (non-hydrogen) atoms. The number of nitrogens with zero attached hydrogens (tertiary/aromatic N) is 4. The Kier molecular flexibility index (Phi) is 5.13. The standard InChI is InChI=1S/C14H20N4O/c1-2-19-11-10-17-6-8-18(9-7-17)14-4-3-5-16-13(14)12-15/h3-5H,2,6-11H2,1H3. The second-order valence-corrected chi connectivity index (χ2v) is 4.51. The summed E-state index contributed by atoms with van der Waals surface area (Å²) in [7, 11) is 0. The van der Waals surface area contributed by atoms with Gasteiger partial charge in [0.15, 0.2) is 5.69 Å². The molecule has 1 aromatic heterocycles. The molecule has 1 aliphatic rings. The summed E-state index contributed by atoms with van der Waals surface area (Å²) in [4.78, 5) is 8.75. The average molecular weight is 260 g/mol. The second-order valence-electron chi connectivity index (χ2n) is 4.51. The van der Waals surface area contributed by atoms with Gasteiger partial charge in [-0.2, -0.15) is 5.26 Å². The highest BCUT2D eigenvalue weighted by atomic mass is 16.5. The summed E-state index contributed by atoms with van der Waals surface area (Å²) in [6.07, 6.45) is 1.67. The van der Waals surface area contributed by atoms with Crippen molar-refractivity contribution in [2.75, 3.05) is 50.8 Å². The van der Waals surface area contributed by atoms with Crippen molar-refractivity contribution in [3.8, 4) is 6.07 Å². The van der Waals surface area contributed by atoms with Crippen molar-refractivity contribution in [3.63, 3.8) is 0 Å². The molecule has 2 rings (SSSR count). The fraction of sp³-hybridized carbons (Fsp3) is 0.571. The van der Waals surface area contributed by atoms with Crippen LogP contribution in [0.2, 0.25) is 0 Å². The predicted molar refractivity (Wildman–Crippen MR) is 74.1 cm³/mol. The highest BCUT2D eigenvalue weighted by Crippen LogP contribution is 2.19. The third-order valence-electron chi connectivity index (χ3n) is 3.36. The van der Waals surface area contributed by atoms with Gasteiger partial charge in [-0.05, 0) is 19.1 Å². The number of anilines is 1. The zero-order valence-electron chi connectivity index (χ0n) is 11.4. The lowest BCUT2D eigenvalue weighted by atomic mass is 10.2. The van der Waals surface area contributed by atoms with Crippen LogP contribution >= 0.6 is 0 Å². The maximum atomic E-state index is 9.08. The van der Waals surface area contributed by atoms with Crippen LogP contribution in [-0.4, -0.2) is 55.8 Å². The van der Waals surface area contributed by atoms with E-state index in [1.807, 2.05) is 19.1 Å². The lowest BCUT2D eigenvalue weighted by molar-refractivity contribution is 0.111. The first-order chi connectivity index (χ1) is 9.35. The Balaban J connectivity index is 1.88. The van der Waals surface area contributed by atoms with E-state index in [0.717, 1.165) is 51.6 Å². The van der Waals surface area contributed by atoms with Gasteiger partial charge in [-0.1, -0.05) is 0 Å². The number of pyridine rings is 1. The number of nitriles is 1. The molecule has 5 nitrogen and oxygen atoms in total. The zero-order valence-corrected chi connectivity index (χ0v) is 11.4. The molecule has 0 N–H and O–H groups in total. The molecule has 0 spiro atoms. The van der Waals surface area contributed by atoms with Crippen LogP contribution in [0.1, 0.15) is 12.6 Å². The van der Waals surface area contributed by atoms with E-state index < -0.39 is 0 Å². The monoisotopic (exact) mass is 260 g/mol. The molecule has 0 atom stereocenters. The first kappa shape index (κ1) is 13.8. The normalized spacial score (nSPS) is 16.3. The van der Waals surface area contributed by atoms with Crippen LogP contribution in [0.25, 0.3) is 0 Å². The Morgan fingerprint density at radius 1 is 1.37 bits per heavy atom. The van der Waals surface area contributed by atoms with E-state index in [0.29, 0.717) is 5.69 Å². The van der Waals surface area contributed by atoms with E-state index in [1.165, 1.54) is 0 Å². The molecule has 0 amide bonds. The van der Waals surface area contributed by atoms with E-state index in [-0.39, 0.29) is 0 Å². The highest BCUT2D eigenvalue weighted by molar-refractivity contribution is 5.55. The van der Waals surface area contributed by atoms with Crippen molar-refractivity contribution in [3.05, 3.63) is 24.0 Å². The maximum absolute atomic E-state index is 9.08. The van der Waals surface area contributed by atoms with Gasteiger partial charge in [0.2, 0.25) is 0 Å². The van der Waals surface area contributed by atoms with Gasteiger partial charge >= 0.3 is 0 Å². The molecular weight excluding hydrogens is 240 g/mol. The van der Waals surface area contributed by atoms with Gasteiger partial charge in [-0.15, -0.1) is 0 Å². The van der Waals surface area contributed by atoms with E-state index in [1.54, 1.807) is 6.20 Å². The lowest BCUT2D eigenvalue weighted by Crippen LogP contribution is -2.47. The number of hydrogen-bond donors (Lipinski definition) is 0. The van der Waals surface area contributed by atoms with Crippen LogP contribution < -0.4 is 4.90 Å². The predicted octanol–water partition coefficient (Wildman–Crippen LogP) is 1.11. The lowest BCUT2D eigenvalue weighted by Gasteiger charge is -2.36. The Morgan fingerprint density at radius 2 is 2.16 bits per heavy atom. The molecule has 1 fully saturated rings. The summed E-state index contributed by atoms with van der Waals surface area (Å²) in [5.41, 5.74) is 1.47. The third-order valence-corrected chi connectivity index (χ3v) is 3.36. The smallest absolute Gasteiger partial charge is 0.163 e. The van der Waals surface area contributed by atoms with Crippen LogP contribution in [-0.2, 0) is 4.74 Å². The van der Waals surface area contributed by atoms with Crippen molar-refractivity contribution in [1.82, 2.24) is 9.88 Å². The second kappa shape index (κ2) is 7.07. The first-order valence-corrected chi connectivity index (χ1v) is 6.75. The molecule has 0 bridgehead atoms. The van der Waals surface area contributed by atoms with Crippen LogP contribution in [0.3, 0.4) is 0 Å². The van der Waals surface area contributed by atoms with Crippen LogP contribution in [0, 0.1) is 11.3 Å². The van der Waals surface area contributed by atoms with Crippen LogP contribution in [0.15, 0.2) is 18.3 Å². The molecule has 5 heteroatoms. The van der Waals surface area contributed by atoms with Gasteiger partial charge in [0.25, 0.3) is 0 Å². The molecule has 102 valence electrons. The molecule has 0 aliphatic carbocycles. The summed E-state index contributed by atoms with van der Waals surface area (Å²) in [6.45, 7) is 8.47. The summed E-state index contributed by atoms with van der Waals surface area (Å²) < 4.78 is 5.38. The zero-order chi connectivity index (χ0) is 13.5. The first-order valence-electron chi connectivity index (χ1n) is 6.75. The van der Waals surface area contributed by atoms with Gasteiger partial charge in [-0.3, -0.25) is 4.90 Å². The van der Waals surface area contributed by atoms with Gasteiger partial charge in [0.1, 0.15) is 6.07 Å². The van der Waals surface area contributed by atoms with Crippen molar-refractivity contribution < 1.29 is 4.74 Å². The quantitative estimate of drug-likeness (QED) is 0.742. The van der Waals surface area contributed by atoms with Crippen LogP contribution in [0.4, 0.5) is 5.69 Å². The molecule has 0 saturated carbocycles. The number of ether oxygens (including phenoxy) is 1. The number of aromatic nitrogens is 1. The molecule has 0 unspecified atom stereocenters. The summed E-state index contributed by atoms with van der Waals surface area (Å²) in [5.74, 6) is 0. The van der Waals surface area contributed by atoms with Gasteiger partial charge in [-0.25, -0.2) is 4.98 Å². The molecule has 1 aliphatic heterocycles. The minimum absolute atomic E-state index is 0.519. The minimum atomic E-state index is 0.519. The average Bonchev–Trinajstić information content (AvgIpc) is 2.48. The van der Waals surface area contributed by atoms with Gasteiger partial charge in [0.05, 0.1) is 12.3 Å². The Hall–Kier alpha value is -1.64. The van der Waals surface area contributed by atoms with Gasteiger partial charge < -0.3 is 9.64 Å². The third kappa shape index (κ3) is 3.66. The van der Waals surface area contributed by atoms with E-state index in [2.05, 4.69) is 20.9 Å². The molecule has 0 radical (unpaired) electrons. The largest absolute Gasteiger partial charge is 0.380 e. The highest BCUT2D eigenvalue weighted by Gasteiger charge is 2.19. The SMILES string of the molecule is CCOCCN1CCN(c2cccnc2C#N)CC1. The summed E-state index contributed by atoms with van der Waals surface area (Å²) in [6, 6.07) is 6.02. The fourth-order valence-corrected chi connectivity index (χ4v) is 2.29. The minimum Gasteiger partial charge on any atom is -0.380 e. The van der Waals surface area contributed by atoms with Crippen LogP contribution in [0.5, 0.6) is 0 Å². The molecule has 2 heterocycles. The van der Waals surface area contributed by atoms with E-state index >= 15 is 0 Å². The molecular formula is C14H20N4O. The molecule has 0 aromatic carbocycles. The maximum Gasteiger partial charge on any atom is 0.163 e. The Bertz CT molecular complexity index is 435. The van der Waals surface area contributed by atoms with Crippen molar-refractivity contribution in [2.45, 2.75) is 6.92 Å². The number of piperazine rings is 1. The van der Waals surface area contributed by atoms with Crippen molar-refractivity contribution in [2.24, 2.45) is 0 Å².